The van der Waals surface area contributed by atoms with E-state index >= 15 is 0 Å². The van der Waals surface area contributed by atoms with Crippen molar-refractivity contribution in [2.45, 2.75) is 0 Å². The molecule has 23 heavy (non-hydrogen) atoms. The summed E-state index contributed by atoms with van der Waals surface area (Å²) in [6.07, 6.45) is 1.66. The molecule has 0 unspecified atom stereocenters. The number of thiazole rings is 1. The Kier molecular flexibility index (Phi) is 3.59. The average molecular weight is 367 g/mol. The summed E-state index contributed by atoms with van der Waals surface area (Å²) in [4.78, 5) is 12.8. The number of pyridine rings is 2. The molecule has 0 radical (unpaired) electrons. The molecular formula is C14H8ClFN4OS2. The second-order valence-corrected chi connectivity index (χ2v) is 6.47. The van der Waals surface area contributed by atoms with Crippen LogP contribution in [0.25, 0.3) is 32.5 Å². The first-order chi connectivity index (χ1) is 11.2. The lowest BCUT2D eigenvalue weighted by molar-refractivity contribution is 0.401. The molecule has 0 saturated heterocycles. The van der Waals surface area contributed by atoms with Crippen molar-refractivity contribution in [3.63, 3.8) is 0 Å². The molecule has 5 nitrogen and oxygen atoms in total. The molecule has 9 heteroatoms. The van der Waals surface area contributed by atoms with Crippen LogP contribution in [0.2, 0.25) is 5.15 Å². The highest BCUT2D eigenvalue weighted by molar-refractivity contribution is 7.92. The van der Waals surface area contributed by atoms with Gasteiger partial charge in [0, 0.05) is 22.7 Å². The summed E-state index contributed by atoms with van der Waals surface area (Å²) in [5, 5.41) is 1.07. The van der Waals surface area contributed by atoms with Gasteiger partial charge in [0.25, 0.3) is 0 Å². The minimum absolute atomic E-state index is 0.0658. The normalized spacial score (nSPS) is 11.4. The topological polar surface area (TPSA) is 52.8 Å². The molecule has 116 valence electrons. The Bertz CT molecular complexity index is 1030. The fraction of sp³-hybridized carbons (Fsp3) is 0.0714. The number of hydrogen-bond donors (Lipinski definition) is 0. The number of aromatic nitrogens is 4. The monoisotopic (exact) mass is 366 g/mol. The van der Waals surface area contributed by atoms with Crippen molar-refractivity contribution < 1.29 is 8.62 Å². The predicted molar refractivity (Wildman–Crippen MR) is 91.8 cm³/mol. The Labute approximate surface area is 143 Å². The van der Waals surface area contributed by atoms with Gasteiger partial charge in [-0.25, -0.2) is 13.9 Å². The zero-order chi connectivity index (χ0) is 16.0. The minimum atomic E-state index is 0.0658. The van der Waals surface area contributed by atoms with E-state index in [1.54, 1.807) is 24.9 Å². The molecule has 4 rings (SSSR count). The van der Waals surface area contributed by atoms with Crippen LogP contribution in [0, 0.1) is 0 Å². The molecule has 4 aromatic rings. The van der Waals surface area contributed by atoms with Gasteiger partial charge in [0.05, 0.1) is 17.3 Å². The molecule has 0 bridgehead atoms. The molecule has 0 spiro atoms. The van der Waals surface area contributed by atoms with E-state index in [2.05, 4.69) is 15.0 Å². The predicted octanol–water partition coefficient (Wildman–Crippen LogP) is 4.75. The summed E-state index contributed by atoms with van der Waals surface area (Å²) in [6.45, 7) is 0. The van der Waals surface area contributed by atoms with Crippen LogP contribution in [0.1, 0.15) is 0 Å². The Hall–Kier alpha value is -1.90. The third kappa shape index (κ3) is 2.34. The molecule has 0 fully saturated rings. The van der Waals surface area contributed by atoms with Gasteiger partial charge >= 0.3 is 0 Å². The SMILES string of the molecule is COc1nc2ncsc2cc1-c1cn(SF)c2nc(Cl)ccc12. The van der Waals surface area contributed by atoms with Crippen LogP contribution >= 0.6 is 35.3 Å². The molecule has 4 heterocycles. The quantitative estimate of drug-likeness (QED) is 0.490. The summed E-state index contributed by atoms with van der Waals surface area (Å²) in [7, 11) is 1.54. The van der Waals surface area contributed by atoms with E-state index < -0.39 is 0 Å². The van der Waals surface area contributed by atoms with Crippen LogP contribution in [0.3, 0.4) is 0 Å². The van der Waals surface area contributed by atoms with Gasteiger partial charge < -0.3 is 4.74 Å². The summed E-state index contributed by atoms with van der Waals surface area (Å²) < 4.78 is 20.9. The van der Waals surface area contributed by atoms with Crippen molar-refractivity contribution >= 4 is 56.7 Å². The van der Waals surface area contributed by atoms with Crippen LogP contribution in [0.15, 0.2) is 29.9 Å². The number of nitrogens with zero attached hydrogens (tertiary/aromatic N) is 4. The van der Waals surface area contributed by atoms with Gasteiger partial charge in [-0.2, -0.15) is 4.98 Å². The van der Waals surface area contributed by atoms with Crippen molar-refractivity contribution in [1.82, 2.24) is 18.9 Å². The summed E-state index contributed by atoms with van der Waals surface area (Å²) >= 11 is 7.47. The van der Waals surface area contributed by atoms with E-state index in [1.807, 2.05) is 12.1 Å². The van der Waals surface area contributed by atoms with Gasteiger partial charge in [0.15, 0.2) is 23.6 Å². The fourth-order valence-corrected chi connectivity index (χ4v) is 3.60. The smallest absolute Gasteiger partial charge is 0.223 e. The van der Waals surface area contributed by atoms with Crippen LogP contribution in [0.5, 0.6) is 5.88 Å². The molecule has 0 atom stereocenters. The Morgan fingerprint density at radius 3 is 2.96 bits per heavy atom. The Balaban J connectivity index is 2.05. The van der Waals surface area contributed by atoms with Gasteiger partial charge in [-0.05, 0) is 18.2 Å². The molecule has 0 saturated carbocycles. The molecule has 4 aromatic heterocycles. The zero-order valence-corrected chi connectivity index (χ0v) is 14.0. The maximum atomic E-state index is 13.2. The first-order valence-corrected chi connectivity index (χ1v) is 8.39. The van der Waals surface area contributed by atoms with Gasteiger partial charge in [-0.1, -0.05) is 11.6 Å². The van der Waals surface area contributed by atoms with Crippen LogP contribution in [0.4, 0.5) is 3.89 Å². The van der Waals surface area contributed by atoms with Crippen molar-refractivity contribution in [3.05, 3.63) is 35.1 Å². The number of halogens is 2. The summed E-state index contributed by atoms with van der Waals surface area (Å²) in [6, 6.07) is 5.42. The lowest BCUT2D eigenvalue weighted by Crippen LogP contribution is -1.92. The Morgan fingerprint density at radius 2 is 2.17 bits per heavy atom. The number of fused-ring (bicyclic) bond motifs is 2. The van der Waals surface area contributed by atoms with Crippen molar-refractivity contribution in [2.75, 3.05) is 7.11 Å². The average Bonchev–Trinajstić information content (AvgIpc) is 3.16. The van der Waals surface area contributed by atoms with Crippen molar-refractivity contribution in [2.24, 2.45) is 0 Å². The van der Waals surface area contributed by atoms with Crippen molar-refractivity contribution in [1.29, 1.82) is 0 Å². The van der Waals surface area contributed by atoms with Crippen LogP contribution < -0.4 is 4.74 Å². The maximum absolute atomic E-state index is 13.2. The molecule has 0 N–H and O–H groups in total. The van der Waals surface area contributed by atoms with E-state index in [1.165, 1.54) is 15.3 Å². The first kappa shape index (κ1) is 14.7. The second-order valence-electron chi connectivity index (χ2n) is 4.66. The minimum Gasteiger partial charge on any atom is -0.480 e. The third-order valence-electron chi connectivity index (χ3n) is 3.43. The van der Waals surface area contributed by atoms with E-state index in [0.717, 1.165) is 21.2 Å². The van der Waals surface area contributed by atoms with Crippen molar-refractivity contribution in [3.8, 4) is 17.0 Å². The highest BCUT2D eigenvalue weighted by atomic mass is 35.5. The summed E-state index contributed by atoms with van der Waals surface area (Å²) in [5.41, 5.74) is 4.33. The Morgan fingerprint density at radius 1 is 1.30 bits per heavy atom. The third-order valence-corrected chi connectivity index (χ3v) is 4.84. The largest absolute Gasteiger partial charge is 0.480 e. The molecular weight excluding hydrogens is 359 g/mol. The molecule has 0 aromatic carbocycles. The highest BCUT2D eigenvalue weighted by Crippen LogP contribution is 2.38. The van der Waals surface area contributed by atoms with E-state index in [9.17, 15) is 3.89 Å². The zero-order valence-electron chi connectivity index (χ0n) is 11.7. The first-order valence-electron chi connectivity index (χ1n) is 6.46. The number of ether oxygens (including phenoxy) is 1. The van der Waals surface area contributed by atoms with Crippen LogP contribution in [-0.2, 0) is 0 Å². The van der Waals surface area contributed by atoms with Gasteiger partial charge in [-0.3, -0.25) is 0 Å². The van der Waals surface area contributed by atoms with Gasteiger partial charge in [-0.15, -0.1) is 15.2 Å². The maximum Gasteiger partial charge on any atom is 0.223 e. The number of rotatable bonds is 3. The second kappa shape index (κ2) is 5.63. The lowest BCUT2D eigenvalue weighted by atomic mass is 10.1. The standard InChI is InChI=1S/C14H8ClFN4OS2/c1-21-14-8(4-10-12(19-14)17-6-22-10)9-5-20(23-16)13-7(9)2-3-11(15)18-13/h2-6H,1H3. The van der Waals surface area contributed by atoms with Crippen LogP contribution in [-0.4, -0.2) is 26.0 Å². The van der Waals surface area contributed by atoms with E-state index in [4.69, 9.17) is 16.3 Å². The lowest BCUT2D eigenvalue weighted by Gasteiger charge is -2.06. The number of methoxy groups -OCH3 is 1. The fourth-order valence-electron chi connectivity index (χ4n) is 2.45. The highest BCUT2D eigenvalue weighted by Gasteiger charge is 2.18. The molecule has 0 amide bonds. The molecule has 0 aliphatic heterocycles. The molecule has 0 aliphatic rings. The van der Waals surface area contributed by atoms with E-state index in [-0.39, 0.29) is 12.3 Å². The van der Waals surface area contributed by atoms with Gasteiger partial charge in [0.2, 0.25) is 5.88 Å². The van der Waals surface area contributed by atoms with Gasteiger partial charge in [0.1, 0.15) is 5.15 Å². The van der Waals surface area contributed by atoms with E-state index in [0.29, 0.717) is 22.3 Å². The summed E-state index contributed by atoms with van der Waals surface area (Å²) in [5.74, 6) is 0.432. The molecule has 0 aliphatic carbocycles. The number of hydrogen-bond acceptors (Lipinski definition) is 6.